The number of hydrogen-bond acceptors (Lipinski definition) is 4. The summed E-state index contributed by atoms with van der Waals surface area (Å²) < 4.78 is 2.44. The van der Waals surface area contributed by atoms with Gasteiger partial charge >= 0.3 is 0 Å². The van der Waals surface area contributed by atoms with Crippen molar-refractivity contribution >= 4 is 21.5 Å². The SMILES string of the molecule is CC1CC2(Cn3c(=O)c4cc5c(=O)n(C)c(=O)c5cc4c3=O)C3CCC2C1C3. The van der Waals surface area contributed by atoms with Gasteiger partial charge in [-0.3, -0.25) is 28.3 Å². The zero-order valence-corrected chi connectivity index (χ0v) is 16.0. The molecule has 144 valence electrons. The summed E-state index contributed by atoms with van der Waals surface area (Å²) in [6.45, 7) is 2.80. The highest BCUT2D eigenvalue weighted by Gasteiger charge is 2.64. The molecule has 2 aromatic heterocycles. The predicted octanol–water partition coefficient (Wildman–Crippen LogP) is 1.52. The van der Waals surface area contributed by atoms with E-state index in [-0.39, 0.29) is 38.1 Å². The first-order chi connectivity index (χ1) is 13.3. The zero-order valence-electron chi connectivity index (χ0n) is 16.0. The Kier molecular flexibility index (Phi) is 2.88. The summed E-state index contributed by atoms with van der Waals surface area (Å²) in [6, 6.07) is 2.91. The monoisotopic (exact) mass is 378 g/mol. The van der Waals surface area contributed by atoms with Crippen LogP contribution in [0.25, 0.3) is 21.5 Å². The minimum atomic E-state index is -0.415. The third-order valence-corrected chi connectivity index (χ3v) is 8.52. The van der Waals surface area contributed by atoms with E-state index in [2.05, 4.69) is 6.92 Å². The minimum Gasteiger partial charge on any atom is -0.277 e. The molecule has 2 heterocycles. The summed E-state index contributed by atoms with van der Waals surface area (Å²) in [6.07, 6.45) is 4.75. The molecule has 3 aromatic rings. The van der Waals surface area contributed by atoms with Gasteiger partial charge in [-0.1, -0.05) is 6.92 Å². The van der Waals surface area contributed by atoms with Gasteiger partial charge in [0, 0.05) is 13.6 Å². The van der Waals surface area contributed by atoms with Crippen molar-refractivity contribution in [2.45, 2.75) is 39.2 Å². The Balaban J connectivity index is 1.57. The second kappa shape index (κ2) is 4.91. The van der Waals surface area contributed by atoms with Gasteiger partial charge in [0.1, 0.15) is 0 Å². The third kappa shape index (κ3) is 1.67. The average molecular weight is 378 g/mol. The summed E-state index contributed by atoms with van der Waals surface area (Å²) in [5.41, 5.74) is -1.38. The topological polar surface area (TPSA) is 78.1 Å². The van der Waals surface area contributed by atoms with Crippen molar-refractivity contribution in [2.24, 2.45) is 36.1 Å². The standard InChI is InChI=1S/C22H22N2O4/c1-10-8-22(11-3-4-17(22)12(10)5-11)9-24-20(27)15-6-13-14(7-16(15)21(24)28)19(26)23(2)18(13)25/h6-7,10-12,17H,3-5,8-9H2,1-2H3. The molecule has 1 aromatic carbocycles. The number of hydrogen-bond donors (Lipinski definition) is 0. The van der Waals surface area contributed by atoms with E-state index in [4.69, 9.17) is 0 Å². The smallest absolute Gasteiger partial charge is 0.261 e. The van der Waals surface area contributed by atoms with Gasteiger partial charge in [-0.25, -0.2) is 0 Å². The molecule has 0 saturated heterocycles. The number of rotatable bonds is 2. The normalized spacial score (nSPS) is 33.6. The Morgan fingerprint density at radius 1 is 0.929 bits per heavy atom. The highest BCUT2D eigenvalue weighted by Crippen LogP contribution is 2.71. The number of nitrogens with zero attached hydrogens (tertiary/aromatic N) is 2. The average Bonchev–Trinajstić information content (AvgIpc) is 3.39. The zero-order chi connectivity index (χ0) is 19.5. The molecule has 6 nitrogen and oxygen atoms in total. The molecule has 6 rings (SSSR count). The Morgan fingerprint density at radius 2 is 1.50 bits per heavy atom. The van der Waals surface area contributed by atoms with E-state index < -0.39 is 11.1 Å². The Hall–Kier alpha value is -2.50. The van der Waals surface area contributed by atoms with Gasteiger partial charge in [-0.05, 0) is 66.9 Å². The first kappa shape index (κ1) is 16.5. The van der Waals surface area contributed by atoms with Gasteiger partial charge in [0.15, 0.2) is 0 Å². The fourth-order valence-electron chi connectivity index (χ4n) is 7.33. The van der Waals surface area contributed by atoms with Crippen LogP contribution in [0.3, 0.4) is 0 Å². The second-order valence-electron chi connectivity index (χ2n) is 9.50. The van der Waals surface area contributed by atoms with Crippen LogP contribution in [0.15, 0.2) is 31.3 Å². The fourth-order valence-corrected chi connectivity index (χ4v) is 7.33. The minimum absolute atomic E-state index is 0.0754. The second-order valence-corrected chi connectivity index (χ2v) is 9.50. The van der Waals surface area contributed by atoms with Crippen LogP contribution in [0.5, 0.6) is 0 Å². The van der Waals surface area contributed by atoms with E-state index in [0.29, 0.717) is 24.3 Å². The molecule has 28 heavy (non-hydrogen) atoms. The maximum absolute atomic E-state index is 13.1. The van der Waals surface area contributed by atoms with Gasteiger partial charge in [-0.2, -0.15) is 0 Å². The maximum atomic E-state index is 13.1. The number of benzene rings is 1. The van der Waals surface area contributed by atoms with Crippen molar-refractivity contribution in [1.82, 2.24) is 9.13 Å². The summed E-state index contributed by atoms with van der Waals surface area (Å²) in [4.78, 5) is 50.9. The van der Waals surface area contributed by atoms with E-state index in [0.717, 1.165) is 16.9 Å². The molecular weight excluding hydrogens is 356 g/mol. The number of fused-ring (bicyclic) bond motifs is 2. The van der Waals surface area contributed by atoms with Crippen molar-refractivity contribution in [1.29, 1.82) is 0 Å². The summed E-state index contributed by atoms with van der Waals surface area (Å²) in [7, 11) is 1.42. The van der Waals surface area contributed by atoms with Crippen LogP contribution in [-0.2, 0) is 13.6 Å². The van der Waals surface area contributed by atoms with Crippen LogP contribution in [-0.4, -0.2) is 9.13 Å². The molecule has 3 saturated carbocycles. The van der Waals surface area contributed by atoms with Crippen molar-refractivity contribution in [3.8, 4) is 0 Å². The van der Waals surface area contributed by atoms with Gasteiger partial charge in [0.25, 0.3) is 22.2 Å². The van der Waals surface area contributed by atoms with Crippen molar-refractivity contribution in [3.05, 3.63) is 53.5 Å². The Bertz CT molecular complexity index is 1310. The summed E-state index contributed by atoms with van der Waals surface area (Å²) in [5.74, 6) is 2.64. The molecule has 0 radical (unpaired) electrons. The number of aromatic nitrogens is 2. The van der Waals surface area contributed by atoms with Crippen molar-refractivity contribution in [3.63, 3.8) is 0 Å². The van der Waals surface area contributed by atoms with E-state index in [1.165, 1.54) is 43.0 Å². The molecule has 0 N–H and O–H groups in total. The third-order valence-electron chi connectivity index (χ3n) is 8.52. The lowest BCUT2D eigenvalue weighted by Crippen LogP contribution is -2.38. The largest absolute Gasteiger partial charge is 0.277 e. The predicted molar refractivity (Wildman–Crippen MR) is 106 cm³/mol. The van der Waals surface area contributed by atoms with E-state index in [9.17, 15) is 19.2 Å². The molecule has 5 unspecified atom stereocenters. The van der Waals surface area contributed by atoms with Crippen molar-refractivity contribution in [2.75, 3.05) is 0 Å². The molecule has 4 bridgehead atoms. The highest BCUT2D eigenvalue weighted by atomic mass is 16.2. The van der Waals surface area contributed by atoms with Crippen LogP contribution in [0, 0.1) is 29.1 Å². The Labute approximate surface area is 160 Å². The molecule has 3 aliphatic carbocycles. The lowest BCUT2D eigenvalue weighted by molar-refractivity contribution is 0.141. The van der Waals surface area contributed by atoms with Gasteiger partial charge in [0.2, 0.25) is 0 Å². The molecule has 6 heteroatoms. The summed E-state index contributed by atoms with van der Waals surface area (Å²) >= 11 is 0. The quantitative estimate of drug-likeness (QED) is 0.677. The first-order valence-electron chi connectivity index (χ1n) is 10.2. The van der Waals surface area contributed by atoms with Crippen LogP contribution < -0.4 is 22.2 Å². The highest BCUT2D eigenvalue weighted by molar-refractivity contribution is 5.97. The first-order valence-corrected chi connectivity index (χ1v) is 10.2. The molecule has 0 amide bonds. The summed E-state index contributed by atoms with van der Waals surface area (Å²) in [5, 5.41) is 0.986. The van der Waals surface area contributed by atoms with Crippen LogP contribution in [0.4, 0.5) is 0 Å². The van der Waals surface area contributed by atoms with E-state index in [1.54, 1.807) is 0 Å². The molecule has 3 aliphatic rings. The molecule has 3 fully saturated rings. The van der Waals surface area contributed by atoms with E-state index >= 15 is 0 Å². The van der Waals surface area contributed by atoms with Crippen LogP contribution >= 0.6 is 0 Å². The fraction of sp³-hybridized carbons (Fsp3) is 0.545. The lowest BCUT2D eigenvalue weighted by Gasteiger charge is -2.34. The lowest BCUT2D eigenvalue weighted by atomic mass is 9.73. The van der Waals surface area contributed by atoms with Gasteiger partial charge in [0.05, 0.1) is 21.5 Å². The molecule has 0 spiro atoms. The maximum Gasteiger partial charge on any atom is 0.261 e. The Morgan fingerprint density at radius 3 is 2.07 bits per heavy atom. The molecule has 0 aliphatic heterocycles. The van der Waals surface area contributed by atoms with Crippen LogP contribution in [0.1, 0.15) is 32.6 Å². The molecule has 5 atom stereocenters. The van der Waals surface area contributed by atoms with E-state index in [1.807, 2.05) is 0 Å². The van der Waals surface area contributed by atoms with Crippen LogP contribution in [0.2, 0.25) is 0 Å². The van der Waals surface area contributed by atoms with Gasteiger partial charge < -0.3 is 0 Å². The molecular formula is C22H22N2O4. The van der Waals surface area contributed by atoms with Gasteiger partial charge in [-0.15, -0.1) is 0 Å². The van der Waals surface area contributed by atoms with Crippen molar-refractivity contribution < 1.29 is 0 Å².